The van der Waals surface area contributed by atoms with Gasteiger partial charge in [-0.15, -0.1) is 0 Å². The average Bonchev–Trinajstić information content (AvgIpc) is 3.26. The van der Waals surface area contributed by atoms with Crippen LogP contribution in [-0.4, -0.2) is 27.5 Å². The van der Waals surface area contributed by atoms with Crippen molar-refractivity contribution < 1.29 is 27.1 Å². The van der Waals surface area contributed by atoms with Gasteiger partial charge in [-0.2, -0.15) is 0 Å². The Morgan fingerprint density at radius 2 is 1.61 bits per heavy atom. The highest BCUT2D eigenvalue weighted by molar-refractivity contribution is 7.92. The monoisotopic (exact) mass is 464 g/mol. The van der Waals surface area contributed by atoms with Crippen molar-refractivity contribution in [1.82, 2.24) is 0 Å². The Labute approximate surface area is 185 Å². The van der Waals surface area contributed by atoms with E-state index in [1.807, 2.05) is 0 Å². The number of furan rings is 1. The molecule has 1 heterocycles. The fraction of sp³-hybridized carbons (Fsp3) is 0.190. The van der Waals surface area contributed by atoms with Crippen LogP contribution in [0.5, 0.6) is 11.5 Å². The standard InChI is InChI=1S/C21H21ClN2O6S/c1-3-28-19-13-17(24-31(26,27)15-9-7-14(22)8-10-15)20(29-4-2)12-16(19)23-21(25)18-6-5-11-30-18/h5-13,24H,3-4H2,1-2H3,(H,23,25). The molecule has 0 aliphatic carbocycles. The first kappa shape index (κ1) is 22.5. The lowest BCUT2D eigenvalue weighted by Crippen LogP contribution is -2.16. The van der Waals surface area contributed by atoms with E-state index >= 15 is 0 Å². The molecule has 0 aliphatic heterocycles. The van der Waals surface area contributed by atoms with Crippen LogP contribution in [0, 0.1) is 0 Å². The number of carbonyl (C=O) groups is 1. The first-order valence-electron chi connectivity index (χ1n) is 9.41. The third kappa shape index (κ3) is 5.50. The molecular weight excluding hydrogens is 444 g/mol. The minimum atomic E-state index is -3.92. The van der Waals surface area contributed by atoms with E-state index in [-0.39, 0.29) is 34.4 Å². The van der Waals surface area contributed by atoms with E-state index in [1.54, 1.807) is 19.9 Å². The van der Waals surface area contributed by atoms with Gasteiger partial charge in [0.05, 0.1) is 35.7 Å². The Balaban J connectivity index is 1.98. The second-order valence-electron chi connectivity index (χ2n) is 6.20. The summed E-state index contributed by atoms with van der Waals surface area (Å²) < 4.78 is 44.5. The summed E-state index contributed by atoms with van der Waals surface area (Å²) in [6.45, 7) is 4.09. The maximum atomic E-state index is 12.8. The van der Waals surface area contributed by atoms with Crippen molar-refractivity contribution in [3.63, 3.8) is 0 Å². The fourth-order valence-corrected chi connectivity index (χ4v) is 3.88. The molecule has 0 aliphatic rings. The minimum Gasteiger partial charge on any atom is -0.492 e. The molecule has 164 valence electrons. The predicted molar refractivity (Wildman–Crippen MR) is 118 cm³/mol. The van der Waals surface area contributed by atoms with Crippen molar-refractivity contribution in [2.45, 2.75) is 18.7 Å². The third-order valence-corrected chi connectivity index (χ3v) is 5.68. The van der Waals surface area contributed by atoms with Gasteiger partial charge < -0.3 is 19.2 Å². The van der Waals surface area contributed by atoms with Crippen LogP contribution in [0.15, 0.2) is 64.1 Å². The van der Waals surface area contributed by atoms with Crippen molar-refractivity contribution in [3.05, 3.63) is 65.6 Å². The molecule has 3 rings (SSSR count). The lowest BCUT2D eigenvalue weighted by Gasteiger charge is -2.18. The molecule has 0 unspecified atom stereocenters. The maximum absolute atomic E-state index is 12.8. The van der Waals surface area contributed by atoms with Crippen LogP contribution in [0.25, 0.3) is 0 Å². The number of hydrogen-bond donors (Lipinski definition) is 2. The molecule has 0 atom stereocenters. The summed E-state index contributed by atoms with van der Waals surface area (Å²) in [6, 6.07) is 11.8. The van der Waals surface area contributed by atoms with E-state index in [2.05, 4.69) is 10.0 Å². The van der Waals surface area contributed by atoms with Crippen molar-refractivity contribution in [2.24, 2.45) is 0 Å². The summed E-state index contributed by atoms with van der Waals surface area (Å²) in [7, 11) is -3.92. The summed E-state index contributed by atoms with van der Waals surface area (Å²) in [5, 5.41) is 3.12. The molecule has 2 aromatic carbocycles. The molecule has 0 saturated heterocycles. The second-order valence-corrected chi connectivity index (χ2v) is 8.32. The van der Waals surface area contributed by atoms with Gasteiger partial charge in [0.2, 0.25) is 0 Å². The van der Waals surface area contributed by atoms with E-state index < -0.39 is 15.9 Å². The van der Waals surface area contributed by atoms with Crippen molar-refractivity contribution >= 4 is 38.9 Å². The van der Waals surface area contributed by atoms with Crippen LogP contribution in [0.2, 0.25) is 5.02 Å². The first-order chi connectivity index (χ1) is 14.8. The Hall–Kier alpha value is -3.17. The van der Waals surface area contributed by atoms with E-state index in [1.165, 1.54) is 48.7 Å². The molecule has 1 amide bonds. The zero-order valence-electron chi connectivity index (χ0n) is 16.8. The highest BCUT2D eigenvalue weighted by atomic mass is 35.5. The number of anilines is 2. The zero-order chi connectivity index (χ0) is 22.4. The summed E-state index contributed by atoms with van der Waals surface area (Å²) in [6.07, 6.45) is 1.39. The highest BCUT2D eigenvalue weighted by Gasteiger charge is 2.21. The molecule has 31 heavy (non-hydrogen) atoms. The van der Waals surface area contributed by atoms with Crippen molar-refractivity contribution in [2.75, 3.05) is 23.3 Å². The Morgan fingerprint density at radius 1 is 1.00 bits per heavy atom. The quantitative estimate of drug-likeness (QED) is 0.471. The number of carbonyl (C=O) groups excluding carboxylic acids is 1. The molecule has 2 N–H and O–H groups in total. The highest BCUT2D eigenvalue weighted by Crippen LogP contribution is 2.38. The molecule has 0 radical (unpaired) electrons. The van der Waals surface area contributed by atoms with Crippen LogP contribution in [0.4, 0.5) is 11.4 Å². The third-order valence-electron chi connectivity index (χ3n) is 4.04. The van der Waals surface area contributed by atoms with Crippen LogP contribution in [0.3, 0.4) is 0 Å². The molecule has 3 aromatic rings. The molecular formula is C21H21ClN2O6S. The fourth-order valence-electron chi connectivity index (χ4n) is 2.70. The largest absolute Gasteiger partial charge is 0.492 e. The number of benzene rings is 2. The minimum absolute atomic E-state index is 0.0347. The number of amides is 1. The molecule has 8 nitrogen and oxygen atoms in total. The molecule has 1 aromatic heterocycles. The average molecular weight is 465 g/mol. The lowest BCUT2D eigenvalue weighted by molar-refractivity contribution is 0.0996. The number of rotatable bonds is 9. The summed E-state index contributed by atoms with van der Waals surface area (Å²) in [4.78, 5) is 12.4. The summed E-state index contributed by atoms with van der Waals surface area (Å²) in [5.41, 5.74) is 0.470. The molecule has 0 fully saturated rings. The smallest absolute Gasteiger partial charge is 0.291 e. The maximum Gasteiger partial charge on any atom is 0.291 e. The van der Waals surface area contributed by atoms with Crippen molar-refractivity contribution in [1.29, 1.82) is 0 Å². The first-order valence-corrected chi connectivity index (χ1v) is 11.3. The van der Waals surface area contributed by atoms with E-state index in [9.17, 15) is 13.2 Å². The van der Waals surface area contributed by atoms with Gasteiger partial charge in [0.1, 0.15) is 11.5 Å². The van der Waals surface area contributed by atoms with Gasteiger partial charge >= 0.3 is 0 Å². The van der Waals surface area contributed by atoms with Gasteiger partial charge in [0, 0.05) is 17.2 Å². The SMILES string of the molecule is CCOc1cc(NS(=O)(=O)c2ccc(Cl)cc2)c(OCC)cc1NC(=O)c1ccco1. The second kappa shape index (κ2) is 9.76. The van der Waals surface area contributed by atoms with E-state index in [0.717, 1.165) is 0 Å². The van der Waals surface area contributed by atoms with Crippen molar-refractivity contribution in [3.8, 4) is 11.5 Å². The number of ether oxygens (including phenoxy) is 2. The van der Waals surface area contributed by atoms with Gasteiger partial charge in [-0.1, -0.05) is 11.6 Å². The Kier molecular flexibility index (Phi) is 7.09. The number of halogens is 1. The summed E-state index contributed by atoms with van der Waals surface area (Å²) >= 11 is 5.85. The molecule has 10 heteroatoms. The number of sulfonamides is 1. The Morgan fingerprint density at radius 3 is 2.19 bits per heavy atom. The summed E-state index contributed by atoms with van der Waals surface area (Å²) in [5.74, 6) is 0.119. The molecule has 0 bridgehead atoms. The van der Waals surface area contributed by atoms with Crippen LogP contribution < -0.4 is 19.5 Å². The van der Waals surface area contributed by atoms with Gasteiger partial charge in [-0.3, -0.25) is 9.52 Å². The number of nitrogens with one attached hydrogen (secondary N) is 2. The van der Waals surface area contributed by atoms with Crippen LogP contribution in [0.1, 0.15) is 24.4 Å². The van der Waals surface area contributed by atoms with Gasteiger partial charge in [-0.05, 0) is 50.2 Å². The van der Waals surface area contributed by atoms with Gasteiger partial charge in [0.15, 0.2) is 5.76 Å². The van der Waals surface area contributed by atoms with Crippen LogP contribution >= 0.6 is 11.6 Å². The van der Waals surface area contributed by atoms with Crippen LogP contribution in [-0.2, 0) is 10.0 Å². The normalized spacial score (nSPS) is 11.1. The Bertz CT molecular complexity index is 1150. The number of hydrogen-bond acceptors (Lipinski definition) is 6. The molecule has 0 spiro atoms. The topological polar surface area (TPSA) is 107 Å². The molecule has 0 saturated carbocycles. The van der Waals surface area contributed by atoms with E-state index in [0.29, 0.717) is 17.3 Å². The van der Waals surface area contributed by atoms with Gasteiger partial charge in [0.25, 0.3) is 15.9 Å². The zero-order valence-corrected chi connectivity index (χ0v) is 18.4. The lowest BCUT2D eigenvalue weighted by atomic mass is 10.2. The van der Waals surface area contributed by atoms with Gasteiger partial charge in [-0.25, -0.2) is 8.42 Å². The predicted octanol–water partition coefficient (Wildman–Crippen LogP) is 4.78. The van der Waals surface area contributed by atoms with E-state index in [4.69, 9.17) is 25.5 Å².